The lowest BCUT2D eigenvalue weighted by Gasteiger charge is -2.36. The highest BCUT2D eigenvalue weighted by molar-refractivity contribution is 7.11. The van der Waals surface area contributed by atoms with Crippen LogP contribution in [-0.2, 0) is 11.2 Å². The molecule has 3 aromatic rings. The number of carboxylic acid groups (broad SMARTS) is 1. The standard InChI is InChI=1S/C27H33FN2O3S/c1-18-5-8-21(34-18)4-3-14-30-15-12-19(24(17-30)27(31)32)6-9-25(28)22-11-13-29-26-10-7-20(33-2)16-23(22)26/h5,7-8,10-11,13,16,19,24-25H,3-4,6,9,12,14-15,17H2,1-2H3,(H,31,32)/t19-,24+,25+/m1/s1. The van der Waals surface area contributed by atoms with Crippen LogP contribution in [-0.4, -0.2) is 47.7 Å². The van der Waals surface area contributed by atoms with Crippen LogP contribution in [0.4, 0.5) is 4.39 Å². The molecule has 1 aliphatic rings. The lowest BCUT2D eigenvalue weighted by atomic mass is 9.81. The smallest absolute Gasteiger partial charge is 0.308 e. The van der Waals surface area contributed by atoms with Crippen molar-refractivity contribution >= 4 is 28.2 Å². The molecule has 3 atom stereocenters. The lowest BCUT2D eigenvalue weighted by molar-refractivity contribution is -0.146. The molecule has 0 saturated carbocycles. The summed E-state index contributed by atoms with van der Waals surface area (Å²) in [5.74, 6) is -0.548. The van der Waals surface area contributed by atoms with E-state index in [1.54, 1.807) is 19.4 Å². The van der Waals surface area contributed by atoms with E-state index in [0.717, 1.165) is 43.3 Å². The molecule has 0 unspecified atom stereocenters. The molecule has 4 rings (SSSR count). The summed E-state index contributed by atoms with van der Waals surface area (Å²) >= 11 is 1.83. The van der Waals surface area contributed by atoms with Crippen LogP contribution in [0.15, 0.2) is 42.6 Å². The second kappa shape index (κ2) is 11.3. The van der Waals surface area contributed by atoms with Crippen molar-refractivity contribution in [3.8, 4) is 5.75 Å². The molecule has 2 aromatic heterocycles. The van der Waals surface area contributed by atoms with Gasteiger partial charge in [0.2, 0.25) is 0 Å². The molecule has 3 heterocycles. The van der Waals surface area contributed by atoms with Gasteiger partial charge in [-0.25, -0.2) is 4.39 Å². The minimum absolute atomic E-state index is 0.00502. The zero-order valence-electron chi connectivity index (χ0n) is 19.9. The maximum Gasteiger partial charge on any atom is 0.308 e. The van der Waals surface area contributed by atoms with Crippen LogP contribution in [0.2, 0.25) is 0 Å². The number of carboxylic acids is 1. The van der Waals surface area contributed by atoms with Gasteiger partial charge >= 0.3 is 5.97 Å². The lowest BCUT2D eigenvalue weighted by Crippen LogP contribution is -2.44. The average molecular weight is 485 g/mol. The van der Waals surface area contributed by atoms with Crippen LogP contribution < -0.4 is 4.74 Å². The van der Waals surface area contributed by atoms with Gasteiger partial charge in [-0.05, 0) is 100.0 Å². The van der Waals surface area contributed by atoms with E-state index in [-0.39, 0.29) is 5.92 Å². The van der Waals surface area contributed by atoms with Gasteiger partial charge in [0.15, 0.2) is 0 Å². The Hall–Kier alpha value is -2.51. The van der Waals surface area contributed by atoms with Crippen molar-refractivity contribution in [2.75, 3.05) is 26.7 Å². The van der Waals surface area contributed by atoms with E-state index in [9.17, 15) is 9.90 Å². The van der Waals surface area contributed by atoms with Crippen LogP contribution in [0, 0.1) is 18.8 Å². The molecular formula is C27H33FN2O3S. The van der Waals surface area contributed by atoms with Gasteiger partial charge < -0.3 is 14.7 Å². The Balaban J connectivity index is 1.33. The fourth-order valence-corrected chi connectivity index (χ4v) is 5.99. The summed E-state index contributed by atoms with van der Waals surface area (Å²) in [6, 6.07) is 11.5. The van der Waals surface area contributed by atoms with Crippen LogP contribution in [0.3, 0.4) is 0 Å². The molecule has 0 amide bonds. The van der Waals surface area contributed by atoms with Gasteiger partial charge in [0.25, 0.3) is 0 Å². The first-order valence-corrected chi connectivity index (χ1v) is 12.8. The van der Waals surface area contributed by atoms with E-state index >= 15 is 4.39 Å². The normalized spacial score (nSPS) is 19.9. The Bertz CT molecular complexity index is 1120. The molecule has 1 aliphatic heterocycles. The fourth-order valence-electron chi connectivity index (χ4n) is 5.06. The van der Waals surface area contributed by atoms with Gasteiger partial charge in [0, 0.05) is 27.9 Å². The van der Waals surface area contributed by atoms with E-state index in [2.05, 4.69) is 28.9 Å². The number of fused-ring (bicyclic) bond motifs is 1. The number of halogens is 1. The number of ether oxygens (including phenoxy) is 1. The Morgan fingerprint density at radius 1 is 1.32 bits per heavy atom. The number of methoxy groups -OCH3 is 1. The van der Waals surface area contributed by atoms with Crippen molar-refractivity contribution in [1.82, 2.24) is 9.88 Å². The first-order chi connectivity index (χ1) is 16.4. The molecule has 7 heteroatoms. The maximum atomic E-state index is 15.4. The van der Waals surface area contributed by atoms with Gasteiger partial charge in [0.05, 0.1) is 18.5 Å². The predicted octanol–water partition coefficient (Wildman–Crippen LogP) is 6.06. The van der Waals surface area contributed by atoms with Crippen molar-refractivity contribution in [3.05, 3.63) is 57.9 Å². The highest BCUT2D eigenvalue weighted by Crippen LogP contribution is 2.35. The zero-order valence-corrected chi connectivity index (χ0v) is 20.7. The largest absolute Gasteiger partial charge is 0.497 e. The fraction of sp³-hybridized carbons (Fsp3) is 0.481. The number of thiophene rings is 1. The average Bonchev–Trinajstić information content (AvgIpc) is 3.26. The molecule has 1 fully saturated rings. The molecule has 5 nitrogen and oxygen atoms in total. The summed E-state index contributed by atoms with van der Waals surface area (Å²) in [6.07, 6.45) is 4.20. The number of alkyl halides is 1. The molecule has 0 spiro atoms. The van der Waals surface area contributed by atoms with Crippen molar-refractivity contribution < 1.29 is 19.0 Å². The number of rotatable bonds is 10. The van der Waals surface area contributed by atoms with E-state index in [1.165, 1.54) is 9.75 Å². The van der Waals surface area contributed by atoms with Crippen LogP contribution in [0.5, 0.6) is 5.75 Å². The summed E-state index contributed by atoms with van der Waals surface area (Å²) in [5.41, 5.74) is 1.33. The molecule has 1 saturated heterocycles. The number of aryl methyl sites for hydroxylation is 2. The number of hydrogen-bond donors (Lipinski definition) is 1. The van der Waals surface area contributed by atoms with Crippen LogP contribution in [0.25, 0.3) is 10.9 Å². The third-order valence-corrected chi connectivity index (χ3v) is 8.02. The van der Waals surface area contributed by atoms with E-state index < -0.39 is 18.1 Å². The minimum Gasteiger partial charge on any atom is -0.497 e. The van der Waals surface area contributed by atoms with Crippen molar-refractivity contribution in [3.63, 3.8) is 0 Å². The minimum atomic E-state index is -1.17. The first kappa shape index (κ1) is 24.6. The molecule has 0 radical (unpaired) electrons. The summed E-state index contributed by atoms with van der Waals surface area (Å²) < 4.78 is 20.7. The van der Waals surface area contributed by atoms with E-state index in [1.807, 2.05) is 29.5 Å². The number of hydrogen-bond acceptors (Lipinski definition) is 5. The van der Waals surface area contributed by atoms with E-state index in [4.69, 9.17) is 4.74 Å². The molecule has 0 aliphatic carbocycles. The predicted molar refractivity (Wildman–Crippen MR) is 134 cm³/mol. The van der Waals surface area contributed by atoms with Gasteiger partial charge in [-0.2, -0.15) is 0 Å². The number of aromatic nitrogens is 1. The van der Waals surface area contributed by atoms with Crippen molar-refractivity contribution in [2.24, 2.45) is 11.8 Å². The summed E-state index contributed by atoms with van der Waals surface area (Å²) in [6.45, 7) is 4.45. The quantitative estimate of drug-likeness (QED) is 0.379. The Morgan fingerprint density at radius 3 is 2.91 bits per heavy atom. The molecule has 182 valence electrons. The second-order valence-corrected chi connectivity index (χ2v) is 10.6. The SMILES string of the molecule is COc1ccc2nccc([C@@H](F)CC[C@@H]3CCN(CCCc4ccc(C)s4)C[C@@H]3C(=O)O)c2c1. The van der Waals surface area contributed by atoms with Crippen LogP contribution in [0.1, 0.15) is 47.2 Å². The zero-order chi connectivity index (χ0) is 24.1. The second-order valence-electron chi connectivity index (χ2n) is 9.24. The number of nitrogens with zero attached hydrogens (tertiary/aromatic N) is 2. The number of carbonyl (C=O) groups is 1. The Morgan fingerprint density at radius 2 is 2.18 bits per heavy atom. The Labute approximate surface area is 204 Å². The molecule has 34 heavy (non-hydrogen) atoms. The van der Waals surface area contributed by atoms with Gasteiger partial charge in [-0.15, -0.1) is 11.3 Å². The van der Waals surface area contributed by atoms with E-state index in [0.29, 0.717) is 30.7 Å². The molecule has 1 aromatic carbocycles. The van der Waals surface area contributed by atoms with Crippen LogP contribution >= 0.6 is 11.3 Å². The maximum absolute atomic E-state index is 15.4. The number of piperidine rings is 1. The summed E-state index contributed by atoms with van der Waals surface area (Å²) in [7, 11) is 1.59. The number of pyridine rings is 1. The number of aliphatic carboxylic acids is 1. The third-order valence-electron chi connectivity index (χ3n) is 6.96. The number of likely N-dealkylation sites (tertiary alicyclic amines) is 1. The van der Waals surface area contributed by atoms with Crippen molar-refractivity contribution in [1.29, 1.82) is 0 Å². The monoisotopic (exact) mass is 484 g/mol. The molecular weight excluding hydrogens is 451 g/mol. The van der Waals surface area contributed by atoms with Crippen molar-refractivity contribution in [2.45, 2.75) is 45.2 Å². The molecule has 0 bridgehead atoms. The Kier molecular flexibility index (Phi) is 8.16. The van der Waals surface area contributed by atoms with Gasteiger partial charge in [0.1, 0.15) is 11.9 Å². The third kappa shape index (κ3) is 5.94. The summed E-state index contributed by atoms with van der Waals surface area (Å²) in [4.78, 5) is 21.3. The first-order valence-electron chi connectivity index (χ1n) is 12.0. The van der Waals surface area contributed by atoms with Gasteiger partial charge in [-0.1, -0.05) is 0 Å². The van der Waals surface area contributed by atoms with Gasteiger partial charge in [-0.3, -0.25) is 9.78 Å². The number of benzene rings is 1. The summed E-state index contributed by atoms with van der Waals surface area (Å²) in [5, 5.41) is 10.6. The molecule has 1 N–H and O–H groups in total. The highest BCUT2D eigenvalue weighted by atomic mass is 32.1. The topological polar surface area (TPSA) is 62.7 Å². The highest BCUT2D eigenvalue weighted by Gasteiger charge is 2.34.